The smallest absolute Gasteiger partial charge is 0.162 e. The molecule has 1 aliphatic rings. The first kappa shape index (κ1) is 14.6. The predicted molar refractivity (Wildman–Crippen MR) is 90.5 cm³/mol. The maximum absolute atomic E-state index is 6.08. The Balaban J connectivity index is 1.77. The van der Waals surface area contributed by atoms with E-state index in [2.05, 4.69) is 45.0 Å². The van der Waals surface area contributed by atoms with Crippen LogP contribution in [0.5, 0.6) is 0 Å². The highest BCUT2D eigenvalue weighted by molar-refractivity contribution is 6.31. The number of fused-ring (bicyclic) bond motifs is 1. The number of nitrogens with one attached hydrogen (secondary N) is 1. The lowest BCUT2D eigenvalue weighted by atomic mass is 9.87. The summed E-state index contributed by atoms with van der Waals surface area (Å²) in [6, 6.07) is 12.6. The van der Waals surface area contributed by atoms with Crippen LogP contribution < -0.4 is 5.32 Å². The molecule has 3 aromatic rings. The van der Waals surface area contributed by atoms with Crippen LogP contribution in [0.1, 0.15) is 24.4 Å². The molecule has 1 N–H and O–H groups in total. The van der Waals surface area contributed by atoms with Crippen LogP contribution in [0.15, 0.2) is 42.7 Å². The average Bonchev–Trinajstić information content (AvgIpc) is 3.10. The molecular formula is C17H18ClN5. The number of piperidine rings is 1. The second-order valence-corrected chi connectivity index (χ2v) is 6.49. The third-order valence-electron chi connectivity index (χ3n) is 4.56. The molecule has 0 aliphatic carbocycles. The zero-order chi connectivity index (χ0) is 15.6. The van der Waals surface area contributed by atoms with Crippen molar-refractivity contribution in [3.8, 4) is 0 Å². The first-order chi connectivity index (χ1) is 11.3. The summed E-state index contributed by atoms with van der Waals surface area (Å²) >= 11 is 6.08. The Kier molecular flexibility index (Phi) is 3.97. The predicted octanol–water partition coefficient (Wildman–Crippen LogP) is 3.07. The van der Waals surface area contributed by atoms with Crippen molar-refractivity contribution < 1.29 is 0 Å². The van der Waals surface area contributed by atoms with Gasteiger partial charge in [-0.1, -0.05) is 29.8 Å². The van der Waals surface area contributed by atoms with Crippen molar-refractivity contribution in [2.45, 2.75) is 18.9 Å². The minimum Gasteiger partial charge on any atom is -0.316 e. The number of benzene rings is 2. The minimum absolute atomic E-state index is 0.102. The summed E-state index contributed by atoms with van der Waals surface area (Å²) in [7, 11) is 0. The number of aromatic nitrogens is 4. The van der Waals surface area contributed by atoms with E-state index in [1.54, 1.807) is 4.80 Å². The largest absolute Gasteiger partial charge is 0.316 e. The summed E-state index contributed by atoms with van der Waals surface area (Å²) < 4.78 is 0. The molecule has 1 fully saturated rings. The van der Waals surface area contributed by atoms with Gasteiger partial charge in [0.25, 0.3) is 0 Å². The molecule has 2 aromatic carbocycles. The molecule has 0 bridgehead atoms. The fourth-order valence-corrected chi connectivity index (χ4v) is 3.64. The molecule has 5 nitrogen and oxygen atoms in total. The quantitative estimate of drug-likeness (QED) is 0.803. The molecule has 2 atom stereocenters. The fourth-order valence-electron chi connectivity index (χ4n) is 3.46. The van der Waals surface area contributed by atoms with Crippen LogP contribution in [0.25, 0.3) is 10.8 Å². The van der Waals surface area contributed by atoms with Crippen LogP contribution in [0.2, 0.25) is 5.02 Å². The molecule has 1 saturated heterocycles. The summed E-state index contributed by atoms with van der Waals surface area (Å²) in [5, 5.41) is 19.0. The van der Waals surface area contributed by atoms with Gasteiger partial charge < -0.3 is 5.32 Å². The van der Waals surface area contributed by atoms with Crippen LogP contribution in [-0.4, -0.2) is 33.3 Å². The fraction of sp³-hybridized carbons (Fsp3) is 0.353. The van der Waals surface area contributed by atoms with Gasteiger partial charge in [-0.2, -0.15) is 4.80 Å². The van der Waals surface area contributed by atoms with E-state index in [0.717, 1.165) is 29.9 Å². The van der Waals surface area contributed by atoms with Gasteiger partial charge in [-0.05, 0) is 65.1 Å². The molecule has 118 valence electrons. The van der Waals surface area contributed by atoms with Gasteiger partial charge in [0, 0.05) is 11.6 Å². The zero-order valence-corrected chi connectivity index (χ0v) is 13.4. The van der Waals surface area contributed by atoms with Crippen molar-refractivity contribution in [2.24, 2.45) is 5.92 Å². The monoisotopic (exact) mass is 327 g/mol. The van der Waals surface area contributed by atoms with Crippen molar-refractivity contribution in [3.63, 3.8) is 0 Å². The Morgan fingerprint density at radius 3 is 2.83 bits per heavy atom. The van der Waals surface area contributed by atoms with E-state index in [0.29, 0.717) is 5.92 Å². The molecule has 23 heavy (non-hydrogen) atoms. The number of tetrazole rings is 1. The second-order valence-electron chi connectivity index (χ2n) is 6.06. The summed E-state index contributed by atoms with van der Waals surface area (Å²) in [6.07, 6.45) is 3.85. The molecule has 1 aliphatic heterocycles. The lowest BCUT2D eigenvalue weighted by molar-refractivity contribution is 0.261. The van der Waals surface area contributed by atoms with Crippen LogP contribution in [0, 0.1) is 5.92 Å². The molecule has 0 amide bonds. The maximum Gasteiger partial charge on any atom is 0.162 e. The molecule has 0 radical (unpaired) electrons. The molecule has 0 unspecified atom stereocenters. The number of hydrogen-bond donors (Lipinski definition) is 1. The van der Waals surface area contributed by atoms with Crippen molar-refractivity contribution in [2.75, 3.05) is 13.1 Å². The zero-order valence-electron chi connectivity index (χ0n) is 12.7. The van der Waals surface area contributed by atoms with E-state index < -0.39 is 0 Å². The molecule has 1 aromatic heterocycles. The molecule has 6 heteroatoms. The SMILES string of the molecule is Clc1ccc2cc([C@@H]([C@H]3CCCNC3)n3ncnn3)ccc2c1. The van der Waals surface area contributed by atoms with Gasteiger partial charge >= 0.3 is 0 Å². The molecule has 2 heterocycles. The standard InChI is InChI=1S/C17H18ClN5/c18-16-6-5-12-8-14(4-3-13(12)9-16)17(23-21-11-20-22-23)15-2-1-7-19-10-15/h3-6,8-9,11,15,17,19H,1-2,7,10H2/t15-,17-/m0/s1. The highest BCUT2D eigenvalue weighted by Gasteiger charge is 2.28. The van der Waals surface area contributed by atoms with Crippen LogP contribution in [-0.2, 0) is 0 Å². The van der Waals surface area contributed by atoms with E-state index >= 15 is 0 Å². The lowest BCUT2D eigenvalue weighted by Gasteiger charge is -2.30. The number of hydrogen-bond acceptors (Lipinski definition) is 4. The van der Waals surface area contributed by atoms with E-state index in [-0.39, 0.29) is 6.04 Å². The minimum atomic E-state index is 0.102. The first-order valence-electron chi connectivity index (χ1n) is 7.94. The van der Waals surface area contributed by atoms with Gasteiger partial charge in [0.1, 0.15) is 6.04 Å². The highest BCUT2D eigenvalue weighted by Crippen LogP contribution is 2.32. The summed E-state index contributed by atoms with van der Waals surface area (Å²) in [6.45, 7) is 2.06. The average molecular weight is 328 g/mol. The third-order valence-corrected chi connectivity index (χ3v) is 4.80. The van der Waals surface area contributed by atoms with Gasteiger partial charge in [0.15, 0.2) is 6.33 Å². The number of halogens is 1. The van der Waals surface area contributed by atoms with E-state index in [1.165, 1.54) is 23.7 Å². The van der Waals surface area contributed by atoms with Gasteiger partial charge in [0.05, 0.1) is 0 Å². The van der Waals surface area contributed by atoms with Crippen molar-refractivity contribution >= 4 is 22.4 Å². The van der Waals surface area contributed by atoms with Crippen LogP contribution >= 0.6 is 11.6 Å². The Hall–Kier alpha value is -1.98. The highest BCUT2D eigenvalue weighted by atomic mass is 35.5. The molecular weight excluding hydrogens is 310 g/mol. The second kappa shape index (κ2) is 6.26. The van der Waals surface area contributed by atoms with E-state index in [9.17, 15) is 0 Å². The number of rotatable bonds is 3. The third kappa shape index (κ3) is 2.94. The Morgan fingerprint density at radius 2 is 2.04 bits per heavy atom. The van der Waals surface area contributed by atoms with Gasteiger partial charge in [-0.15, -0.1) is 10.2 Å². The molecule has 4 rings (SSSR count). The molecule has 0 saturated carbocycles. The normalized spacial score (nSPS) is 19.8. The summed E-state index contributed by atoms with van der Waals surface area (Å²) in [5.74, 6) is 0.461. The maximum atomic E-state index is 6.08. The first-order valence-corrected chi connectivity index (χ1v) is 8.31. The number of nitrogens with zero attached hydrogens (tertiary/aromatic N) is 4. The van der Waals surface area contributed by atoms with E-state index in [1.807, 2.05) is 12.1 Å². The summed E-state index contributed by atoms with van der Waals surface area (Å²) in [5.41, 5.74) is 1.21. The summed E-state index contributed by atoms with van der Waals surface area (Å²) in [4.78, 5) is 1.74. The van der Waals surface area contributed by atoms with Crippen LogP contribution in [0.4, 0.5) is 0 Å². The van der Waals surface area contributed by atoms with Crippen molar-refractivity contribution in [1.29, 1.82) is 0 Å². The van der Waals surface area contributed by atoms with E-state index in [4.69, 9.17) is 11.6 Å². The topological polar surface area (TPSA) is 55.6 Å². The Bertz CT molecular complexity index is 796. The van der Waals surface area contributed by atoms with Gasteiger partial charge in [-0.25, -0.2) is 0 Å². The Labute approximate surface area is 139 Å². The van der Waals surface area contributed by atoms with Crippen molar-refractivity contribution in [1.82, 2.24) is 25.5 Å². The lowest BCUT2D eigenvalue weighted by Crippen LogP contribution is -2.36. The molecule has 0 spiro atoms. The van der Waals surface area contributed by atoms with Crippen LogP contribution in [0.3, 0.4) is 0 Å². The van der Waals surface area contributed by atoms with Crippen molar-refractivity contribution in [3.05, 3.63) is 53.3 Å². The van der Waals surface area contributed by atoms with Gasteiger partial charge in [0.2, 0.25) is 0 Å². The van der Waals surface area contributed by atoms with Gasteiger partial charge in [-0.3, -0.25) is 0 Å². The Morgan fingerprint density at radius 1 is 1.17 bits per heavy atom.